The second kappa shape index (κ2) is 4.09. The van der Waals surface area contributed by atoms with E-state index in [2.05, 4.69) is 31.9 Å². The highest BCUT2D eigenvalue weighted by Gasteiger charge is 2.24. The van der Waals surface area contributed by atoms with Gasteiger partial charge in [0, 0.05) is 5.33 Å². The third kappa shape index (κ3) is 4.51. The first-order chi connectivity index (χ1) is 3.98. The fourth-order valence-corrected chi connectivity index (χ4v) is 2.38. The molecule has 9 heavy (non-hydrogen) atoms. The molecule has 0 spiro atoms. The van der Waals surface area contributed by atoms with Crippen molar-refractivity contribution in [1.82, 2.24) is 0 Å². The SMILES string of the molecule is O=P(O)(O)C(Br)CCBr. The van der Waals surface area contributed by atoms with Crippen LogP contribution in [-0.4, -0.2) is 19.7 Å². The molecule has 1 atom stereocenters. The molecule has 0 aliphatic rings. The van der Waals surface area contributed by atoms with Crippen molar-refractivity contribution in [2.75, 3.05) is 5.33 Å². The van der Waals surface area contributed by atoms with Crippen LogP contribution in [0.4, 0.5) is 0 Å². The maximum absolute atomic E-state index is 10.3. The lowest BCUT2D eigenvalue weighted by Crippen LogP contribution is -1.98. The molecule has 3 nitrogen and oxygen atoms in total. The molecule has 0 aromatic heterocycles. The van der Waals surface area contributed by atoms with Crippen LogP contribution in [0.25, 0.3) is 0 Å². The van der Waals surface area contributed by atoms with Gasteiger partial charge >= 0.3 is 7.60 Å². The first-order valence-electron chi connectivity index (χ1n) is 2.23. The van der Waals surface area contributed by atoms with E-state index >= 15 is 0 Å². The van der Waals surface area contributed by atoms with Crippen molar-refractivity contribution in [1.29, 1.82) is 0 Å². The quantitative estimate of drug-likeness (QED) is 0.611. The van der Waals surface area contributed by atoms with Gasteiger partial charge < -0.3 is 9.79 Å². The van der Waals surface area contributed by atoms with Gasteiger partial charge in [-0.05, 0) is 6.42 Å². The van der Waals surface area contributed by atoms with Gasteiger partial charge in [0.15, 0.2) is 0 Å². The molecule has 0 radical (unpaired) electrons. The van der Waals surface area contributed by atoms with Crippen LogP contribution in [0.15, 0.2) is 0 Å². The standard InChI is InChI=1S/C3H7Br2O3P/c4-2-1-3(5)9(6,7)8/h3H,1-2H2,(H2,6,7,8). The minimum Gasteiger partial charge on any atom is -0.324 e. The molecule has 0 fully saturated rings. The highest BCUT2D eigenvalue weighted by molar-refractivity contribution is 9.11. The highest BCUT2D eigenvalue weighted by Crippen LogP contribution is 2.46. The molecule has 6 heteroatoms. The second-order valence-electron chi connectivity index (χ2n) is 1.50. The van der Waals surface area contributed by atoms with E-state index in [9.17, 15) is 4.57 Å². The zero-order valence-electron chi connectivity index (χ0n) is 4.50. The van der Waals surface area contributed by atoms with E-state index in [0.717, 1.165) is 0 Å². The first-order valence-corrected chi connectivity index (χ1v) is 5.95. The topological polar surface area (TPSA) is 57.5 Å². The zero-order valence-corrected chi connectivity index (χ0v) is 8.56. The molecule has 56 valence electrons. The van der Waals surface area contributed by atoms with Crippen LogP contribution in [-0.2, 0) is 4.57 Å². The Hall–Kier alpha value is 1.11. The Labute approximate surface area is 70.3 Å². The number of halogens is 2. The highest BCUT2D eigenvalue weighted by atomic mass is 79.9. The summed E-state index contributed by atoms with van der Waals surface area (Å²) in [6, 6.07) is 0. The summed E-state index contributed by atoms with van der Waals surface area (Å²) in [5.41, 5.74) is 0. The van der Waals surface area contributed by atoms with E-state index in [1.165, 1.54) is 0 Å². The molecule has 0 aromatic rings. The number of alkyl halides is 2. The first kappa shape index (κ1) is 10.1. The van der Waals surface area contributed by atoms with Gasteiger partial charge in [-0.3, -0.25) is 4.57 Å². The van der Waals surface area contributed by atoms with Gasteiger partial charge in [0.05, 0.1) is 0 Å². The Kier molecular flexibility index (Phi) is 4.59. The van der Waals surface area contributed by atoms with Gasteiger partial charge in [-0.2, -0.15) is 0 Å². The van der Waals surface area contributed by atoms with E-state index in [-0.39, 0.29) is 0 Å². The van der Waals surface area contributed by atoms with Crippen molar-refractivity contribution in [3.63, 3.8) is 0 Å². The van der Waals surface area contributed by atoms with Crippen LogP contribution in [0.5, 0.6) is 0 Å². The monoisotopic (exact) mass is 280 g/mol. The van der Waals surface area contributed by atoms with Crippen molar-refractivity contribution < 1.29 is 14.4 Å². The van der Waals surface area contributed by atoms with Gasteiger partial charge in [-0.25, -0.2) is 0 Å². The zero-order chi connectivity index (χ0) is 7.49. The average Bonchev–Trinajstić information content (AvgIpc) is 1.64. The minimum atomic E-state index is -3.89. The Morgan fingerprint density at radius 1 is 1.56 bits per heavy atom. The van der Waals surface area contributed by atoms with E-state index in [1.54, 1.807) is 0 Å². The summed E-state index contributed by atoms with van der Waals surface area (Å²) in [6.45, 7) is 0. The molecule has 0 heterocycles. The predicted molar refractivity (Wildman–Crippen MR) is 43.2 cm³/mol. The van der Waals surface area contributed by atoms with Crippen molar-refractivity contribution >= 4 is 39.5 Å². The molecular formula is C3H7Br2O3P. The van der Waals surface area contributed by atoms with Crippen molar-refractivity contribution in [3.05, 3.63) is 0 Å². The summed E-state index contributed by atoms with van der Waals surface area (Å²) in [5, 5.41) is 0.591. The third-order valence-corrected chi connectivity index (χ3v) is 4.22. The molecule has 0 amide bonds. The second-order valence-corrected chi connectivity index (χ2v) is 5.91. The molecule has 0 saturated heterocycles. The predicted octanol–water partition coefficient (Wildman–Crippen LogP) is 1.67. The van der Waals surface area contributed by atoms with E-state index in [0.29, 0.717) is 11.8 Å². The van der Waals surface area contributed by atoms with Crippen LogP contribution < -0.4 is 0 Å². The van der Waals surface area contributed by atoms with Gasteiger partial charge in [0.1, 0.15) is 4.57 Å². The fourth-order valence-electron chi connectivity index (χ4n) is 0.258. The summed E-state index contributed by atoms with van der Waals surface area (Å²) < 4.78 is 9.64. The molecule has 0 bridgehead atoms. The Morgan fingerprint density at radius 2 is 2.00 bits per heavy atom. The smallest absolute Gasteiger partial charge is 0.324 e. The van der Waals surface area contributed by atoms with Gasteiger partial charge in [-0.15, -0.1) is 0 Å². The largest absolute Gasteiger partial charge is 0.339 e. The summed E-state index contributed by atoms with van der Waals surface area (Å²) >= 11 is 5.93. The molecule has 0 aliphatic carbocycles. The normalized spacial score (nSPS) is 15.6. The van der Waals surface area contributed by atoms with Gasteiger partial charge in [-0.1, -0.05) is 31.9 Å². The molecule has 0 aromatic carbocycles. The molecule has 1 unspecified atom stereocenters. The number of rotatable bonds is 3. The Balaban J connectivity index is 3.74. The van der Waals surface area contributed by atoms with E-state index < -0.39 is 12.2 Å². The average molecular weight is 282 g/mol. The van der Waals surface area contributed by atoms with Crippen LogP contribution in [0.1, 0.15) is 6.42 Å². The summed E-state index contributed by atoms with van der Waals surface area (Å²) in [6.07, 6.45) is 0.435. The lowest BCUT2D eigenvalue weighted by Gasteiger charge is -2.08. The lowest BCUT2D eigenvalue weighted by molar-refractivity contribution is 0.370. The molecule has 0 saturated carbocycles. The van der Waals surface area contributed by atoms with E-state index in [1.807, 2.05) is 0 Å². The Bertz CT molecular complexity index is 122. The van der Waals surface area contributed by atoms with Crippen LogP contribution >= 0.6 is 39.5 Å². The van der Waals surface area contributed by atoms with Crippen LogP contribution in [0, 0.1) is 0 Å². The summed E-state index contributed by atoms with van der Waals surface area (Å²) in [5.74, 6) is 0. The fraction of sp³-hybridized carbons (Fsp3) is 1.00. The molecular weight excluding hydrogens is 275 g/mol. The molecule has 0 rings (SSSR count). The van der Waals surface area contributed by atoms with Crippen molar-refractivity contribution in [3.8, 4) is 0 Å². The number of hydrogen-bond acceptors (Lipinski definition) is 1. The molecule has 2 N–H and O–H groups in total. The van der Waals surface area contributed by atoms with Crippen molar-refractivity contribution in [2.24, 2.45) is 0 Å². The third-order valence-electron chi connectivity index (χ3n) is 0.712. The maximum Gasteiger partial charge on any atom is 0.339 e. The van der Waals surface area contributed by atoms with Crippen LogP contribution in [0.3, 0.4) is 0 Å². The number of hydrogen-bond donors (Lipinski definition) is 2. The van der Waals surface area contributed by atoms with Crippen molar-refractivity contribution in [2.45, 2.75) is 11.0 Å². The van der Waals surface area contributed by atoms with Gasteiger partial charge in [0.2, 0.25) is 0 Å². The Morgan fingerprint density at radius 3 is 2.11 bits per heavy atom. The van der Waals surface area contributed by atoms with E-state index in [4.69, 9.17) is 9.79 Å². The summed E-state index contributed by atoms with van der Waals surface area (Å²) in [7, 11) is -3.89. The van der Waals surface area contributed by atoms with Crippen LogP contribution in [0.2, 0.25) is 0 Å². The summed E-state index contributed by atoms with van der Waals surface area (Å²) in [4.78, 5) is 16.9. The minimum absolute atomic E-state index is 0.435. The van der Waals surface area contributed by atoms with Gasteiger partial charge in [0.25, 0.3) is 0 Å². The maximum atomic E-state index is 10.3. The lowest BCUT2D eigenvalue weighted by atomic mass is 10.6. The molecule has 0 aliphatic heterocycles.